The molecule has 0 heterocycles. The molecule has 0 aromatic heterocycles. The van der Waals surface area contributed by atoms with E-state index in [4.69, 9.17) is 8.37 Å². The Morgan fingerprint density at radius 1 is 0.714 bits per heavy atom. The van der Waals surface area contributed by atoms with Gasteiger partial charge < -0.3 is 0 Å². The summed E-state index contributed by atoms with van der Waals surface area (Å²) in [5.74, 6) is 0. The molecule has 0 fully saturated rings. The largest absolute Gasteiger partial charge is 0.270 e. The highest BCUT2D eigenvalue weighted by Crippen LogP contribution is 2.17. The van der Waals surface area contributed by atoms with Gasteiger partial charge in [-0.05, 0) is 40.5 Å². The molecule has 0 rings (SSSR count). The van der Waals surface area contributed by atoms with Crippen molar-refractivity contribution in [1.29, 1.82) is 0 Å². The third kappa shape index (κ3) is 7.08. The molecule has 0 N–H and O–H groups in total. The van der Waals surface area contributed by atoms with Crippen molar-refractivity contribution in [3.05, 3.63) is 0 Å². The first kappa shape index (κ1) is 20.8. The van der Waals surface area contributed by atoms with Crippen molar-refractivity contribution in [2.75, 3.05) is 0 Å². The van der Waals surface area contributed by atoms with Crippen molar-refractivity contribution in [2.45, 2.75) is 83.5 Å². The van der Waals surface area contributed by atoms with E-state index >= 15 is 0 Å². The summed E-state index contributed by atoms with van der Waals surface area (Å²) in [5, 5.41) is -1.17. The molecule has 21 heavy (non-hydrogen) atoms. The number of rotatable bonds is 10. The minimum absolute atomic E-state index is 0.186. The summed E-state index contributed by atoms with van der Waals surface area (Å²) in [6, 6.07) is 0. The van der Waals surface area contributed by atoms with E-state index < -0.39 is 42.9 Å². The molecule has 0 radical (unpaired) electrons. The van der Waals surface area contributed by atoms with E-state index in [0.717, 1.165) is 0 Å². The Bertz CT molecular complexity index is 451. The molecule has 0 saturated heterocycles. The fourth-order valence-electron chi connectivity index (χ4n) is 1.60. The fraction of sp³-hybridized carbons (Fsp3) is 1.00. The zero-order valence-electron chi connectivity index (χ0n) is 13.7. The van der Waals surface area contributed by atoms with E-state index in [9.17, 15) is 16.8 Å². The SMILES string of the molecule is CCC(C)S(=O)(=O)OC(C)CC(C)OS(=O)(=O)C(C)CC. The number of hydrogen-bond acceptors (Lipinski definition) is 6. The summed E-state index contributed by atoms with van der Waals surface area (Å²) in [4.78, 5) is 0. The minimum atomic E-state index is -3.62. The zero-order chi connectivity index (χ0) is 16.8. The molecule has 0 aromatic carbocycles. The molecular formula is C13H28O6S2. The van der Waals surface area contributed by atoms with Crippen LogP contribution in [-0.2, 0) is 28.6 Å². The molecular weight excluding hydrogens is 316 g/mol. The summed E-state index contributed by atoms with van der Waals surface area (Å²) in [5.41, 5.74) is 0. The van der Waals surface area contributed by atoms with E-state index in [0.29, 0.717) is 12.8 Å². The summed E-state index contributed by atoms with van der Waals surface area (Å²) < 4.78 is 57.4. The first-order valence-electron chi connectivity index (χ1n) is 7.30. The van der Waals surface area contributed by atoms with Crippen molar-refractivity contribution < 1.29 is 25.2 Å². The smallest absolute Gasteiger partial charge is 0.267 e. The molecule has 0 aliphatic carbocycles. The fourth-order valence-corrected chi connectivity index (χ4v) is 3.87. The van der Waals surface area contributed by atoms with Gasteiger partial charge in [0.1, 0.15) is 0 Å². The van der Waals surface area contributed by atoms with E-state index in [2.05, 4.69) is 0 Å². The summed E-state index contributed by atoms with van der Waals surface area (Å²) in [6.45, 7) is 9.87. The van der Waals surface area contributed by atoms with Gasteiger partial charge in [-0.15, -0.1) is 0 Å². The first-order chi connectivity index (χ1) is 9.46. The lowest BCUT2D eigenvalue weighted by Gasteiger charge is -2.21. The Morgan fingerprint density at radius 2 is 1.00 bits per heavy atom. The van der Waals surface area contributed by atoms with Gasteiger partial charge >= 0.3 is 0 Å². The van der Waals surface area contributed by atoms with Crippen LogP contribution in [0.15, 0.2) is 0 Å². The molecule has 4 atom stereocenters. The normalized spacial score (nSPS) is 19.0. The second-order valence-electron chi connectivity index (χ2n) is 5.47. The first-order valence-corrected chi connectivity index (χ1v) is 10.2. The monoisotopic (exact) mass is 344 g/mol. The Kier molecular flexibility index (Phi) is 8.38. The molecule has 4 unspecified atom stereocenters. The molecule has 8 heteroatoms. The molecule has 0 aromatic rings. The van der Waals surface area contributed by atoms with Gasteiger partial charge in [-0.1, -0.05) is 13.8 Å². The predicted octanol–water partition coefficient (Wildman–Crippen LogP) is 2.44. The van der Waals surface area contributed by atoms with Crippen LogP contribution in [0.5, 0.6) is 0 Å². The van der Waals surface area contributed by atoms with Gasteiger partial charge in [0.25, 0.3) is 20.2 Å². The minimum Gasteiger partial charge on any atom is -0.267 e. The summed E-state index contributed by atoms with van der Waals surface area (Å²) in [7, 11) is -7.25. The molecule has 0 bridgehead atoms. The average Bonchev–Trinajstić information content (AvgIpc) is 2.34. The topological polar surface area (TPSA) is 86.7 Å². The zero-order valence-corrected chi connectivity index (χ0v) is 15.3. The van der Waals surface area contributed by atoms with Gasteiger partial charge in [-0.2, -0.15) is 16.8 Å². The maximum atomic E-state index is 11.8. The van der Waals surface area contributed by atoms with E-state index in [1.807, 2.05) is 0 Å². The van der Waals surface area contributed by atoms with Crippen LogP contribution in [0.2, 0.25) is 0 Å². The molecule has 0 saturated carbocycles. The highest BCUT2D eigenvalue weighted by atomic mass is 32.2. The van der Waals surface area contributed by atoms with Gasteiger partial charge in [0.2, 0.25) is 0 Å². The van der Waals surface area contributed by atoms with Gasteiger partial charge in [0, 0.05) is 6.42 Å². The Labute approximate surface area is 129 Å². The third-order valence-corrected chi connectivity index (χ3v) is 7.23. The van der Waals surface area contributed by atoms with Crippen LogP contribution in [0.3, 0.4) is 0 Å². The van der Waals surface area contributed by atoms with Gasteiger partial charge in [0.05, 0.1) is 22.7 Å². The molecule has 6 nitrogen and oxygen atoms in total. The summed E-state index contributed by atoms with van der Waals surface area (Å²) in [6.07, 6.45) is -0.157. The third-order valence-electron chi connectivity index (χ3n) is 3.40. The van der Waals surface area contributed by atoms with Gasteiger partial charge in [-0.25, -0.2) is 0 Å². The molecule has 128 valence electrons. The van der Waals surface area contributed by atoms with Crippen molar-refractivity contribution in [1.82, 2.24) is 0 Å². The van der Waals surface area contributed by atoms with Crippen molar-refractivity contribution in [3.8, 4) is 0 Å². The molecule has 0 aliphatic heterocycles. The van der Waals surface area contributed by atoms with Crippen LogP contribution in [0, 0.1) is 0 Å². The van der Waals surface area contributed by atoms with Crippen LogP contribution in [0.1, 0.15) is 60.8 Å². The average molecular weight is 344 g/mol. The van der Waals surface area contributed by atoms with E-state index in [-0.39, 0.29) is 6.42 Å². The lowest BCUT2D eigenvalue weighted by atomic mass is 10.2. The quantitative estimate of drug-likeness (QED) is 0.566. The van der Waals surface area contributed by atoms with Crippen molar-refractivity contribution in [2.24, 2.45) is 0 Å². The van der Waals surface area contributed by atoms with Crippen LogP contribution >= 0.6 is 0 Å². The van der Waals surface area contributed by atoms with E-state index in [1.54, 1.807) is 41.5 Å². The van der Waals surface area contributed by atoms with Crippen LogP contribution in [-0.4, -0.2) is 39.5 Å². The Balaban J connectivity index is 4.57. The van der Waals surface area contributed by atoms with Crippen LogP contribution in [0.4, 0.5) is 0 Å². The van der Waals surface area contributed by atoms with Gasteiger partial charge in [-0.3, -0.25) is 8.37 Å². The van der Waals surface area contributed by atoms with Crippen molar-refractivity contribution >= 4 is 20.2 Å². The van der Waals surface area contributed by atoms with Crippen LogP contribution in [0.25, 0.3) is 0 Å². The predicted molar refractivity (Wildman–Crippen MR) is 83.1 cm³/mol. The number of hydrogen-bond donors (Lipinski definition) is 0. The molecule has 0 aliphatic rings. The lowest BCUT2D eigenvalue weighted by molar-refractivity contribution is 0.137. The molecule has 0 amide bonds. The highest BCUT2D eigenvalue weighted by Gasteiger charge is 2.27. The second-order valence-corrected chi connectivity index (χ2v) is 9.44. The molecule has 0 spiro atoms. The van der Waals surface area contributed by atoms with E-state index in [1.165, 1.54) is 0 Å². The Hall–Kier alpha value is -0.180. The Morgan fingerprint density at radius 3 is 1.24 bits per heavy atom. The van der Waals surface area contributed by atoms with Crippen molar-refractivity contribution in [3.63, 3.8) is 0 Å². The van der Waals surface area contributed by atoms with Gasteiger partial charge in [0.15, 0.2) is 0 Å². The summed E-state index contributed by atoms with van der Waals surface area (Å²) >= 11 is 0. The second kappa shape index (κ2) is 8.45. The maximum Gasteiger partial charge on any atom is 0.270 e. The maximum absolute atomic E-state index is 11.8. The highest BCUT2D eigenvalue weighted by molar-refractivity contribution is 7.87. The lowest BCUT2D eigenvalue weighted by Crippen LogP contribution is -2.29. The van der Waals surface area contributed by atoms with Crippen LogP contribution < -0.4 is 0 Å². The standard InChI is InChI=1S/C13H28O6S2/c1-7-12(5)20(14,15)18-10(3)9-11(4)19-21(16,17)13(6)8-2/h10-13H,7-9H2,1-6H3.